The number of para-hydroxylation sites is 2. The van der Waals surface area contributed by atoms with Crippen LogP contribution in [0, 0.1) is 5.92 Å². The molecule has 1 aliphatic carbocycles. The fourth-order valence-corrected chi connectivity index (χ4v) is 3.90. The number of carbonyl (C=O) groups is 2. The minimum atomic E-state index is -0.225. The van der Waals surface area contributed by atoms with E-state index in [1.54, 1.807) is 0 Å². The first-order valence-electron chi connectivity index (χ1n) is 10.1. The molecule has 1 heterocycles. The fraction of sp³-hybridized carbons (Fsp3) is 0.619. The van der Waals surface area contributed by atoms with Crippen molar-refractivity contribution in [3.63, 3.8) is 0 Å². The van der Waals surface area contributed by atoms with Gasteiger partial charge in [0, 0.05) is 25.7 Å². The van der Waals surface area contributed by atoms with Crippen molar-refractivity contribution in [2.45, 2.75) is 44.6 Å². The number of methoxy groups -OCH3 is 1. The van der Waals surface area contributed by atoms with Crippen LogP contribution in [0.4, 0.5) is 10.5 Å². The molecule has 1 aromatic carbocycles. The highest BCUT2D eigenvalue weighted by Gasteiger charge is 2.41. The minimum absolute atomic E-state index is 0.0742. The van der Waals surface area contributed by atoms with Gasteiger partial charge in [0.25, 0.3) is 0 Å². The molecule has 154 valence electrons. The molecule has 28 heavy (non-hydrogen) atoms. The van der Waals surface area contributed by atoms with Crippen LogP contribution in [0.25, 0.3) is 0 Å². The van der Waals surface area contributed by atoms with E-state index >= 15 is 0 Å². The Bertz CT molecular complexity index is 682. The Morgan fingerprint density at radius 2 is 1.93 bits per heavy atom. The maximum atomic E-state index is 12.7. The van der Waals surface area contributed by atoms with Crippen molar-refractivity contribution in [2.75, 3.05) is 38.7 Å². The molecule has 2 fully saturated rings. The maximum absolute atomic E-state index is 12.7. The third-order valence-corrected chi connectivity index (χ3v) is 5.49. The van der Waals surface area contributed by atoms with Gasteiger partial charge in [0.2, 0.25) is 5.91 Å². The molecule has 1 aromatic rings. The third kappa shape index (κ3) is 5.38. The summed E-state index contributed by atoms with van der Waals surface area (Å²) in [5, 5.41) is 6.16. The largest absolute Gasteiger partial charge is 0.492 e. The number of amides is 3. The summed E-state index contributed by atoms with van der Waals surface area (Å²) in [6.07, 6.45) is 4.99. The van der Waals surface area contributed by atoms with E-state index in [4.69, 9.17) is 9.47 Å². The number of ether oxygens (including phenoxy) is 2. The number of nitrogens with one attached hydrogen (secondary N) is 2. The van der Waals surface area contributed by atoms with Crippen LogP contribution in [0.3, 0.4) is 0 Å². The average molecular weight is 389 g/mol. The monoisotopic (exact) mass is 389 g/mol. The topological polar surface area (TPSA) is 79.9 Å². The Hall–Kier alpha value is -2.28. The van der Waals surface area contributed by atoms with Gasteiger partial charge in [0.05, 0.1) is 12.3 Å². The van der Waals surface area contributed by atoms with Gasteiger partial charge >= 0.3 is 6.03 Å². The zero-order valence-corrected chi connectivity index (χ0v) is 16.8. The zero-order valence-electron chi connectivity index (χ0n) is 16.8. The van der Waals surface area contributed by atoms with Crippen LogP contribution in [-0.2, 0) is 9.53 Å². The summed E-state index contributed by atoms with van der Waals surface area (Å²) in [5.41, 5.74) is 0.453. The normalized spacial score (nSPS) is 18.4. The van der Waals surface area contributed by atoms with Gasteiger partial charge < -0.3 is 25.0 Å². The second-order valence-electron chi connectivity index (χ2n) is 7.76. The van der Waals surface area contributed by atoms with Crippen molar-refractivity contribution in [2.24, 2.45) is 5.92 Å². The van der Waals surface area contributed by atoms with Crippen LogP contribution in [0.15, 0.2) is 24.3 Å². The predicted molar refractivity (Wildman–Crippen MR) is 108 cm³/mol. The number of hydrogen-bond acceptors (Lipinski definition) is 4. The Morgan fingerprint density at radius 3 is 2.57 bits per heavy atom. The molecule has 0 atom stereocenters. The van der Waals surface area contributed by atoms with Crippen LogP contribution in [0.1, 0.15) is 39.0 Å². The summed E-state index contributed by atoms with van der Waals surface area (Å²) in [6.45, 7) is 3.76. The number of carbonyl (C=O) groups excluding carboxylic acids is 2. The van der Waals surface area contributed by atoms with Crippen molar-refractivity contribution < 1.29 is 19.1 Å². The Labute approximate surface area is 166 Å². The molecule has 0 spiro atoms. The summed E-state index contributed by atoms with van der Waals surface area (Å²) in [7, 11) is 1.53. The van der Waals surface area contributed by atoms with E-state index in [0.717, 1.165) is 19.3 Å². The molecule has 0 radical (unpaired) electrons. The number of rotatable bonds is 8. The molecule has 1 saturated heterocycles. The summed E-state index contributed by atoms with van der Waals surface area (Å²) >= 11 is 0. The first kappa shape index (κ1) is 20.5. The van der Waals surface area contributed by atoms with Gasteiger partial charge in [-0.25, -0.2) is 4.79 Å². The van der Waals surface area contributed by atoms with Gasteiger partial charge in [-0.05, 0) is 44.2 Å². The molecule has 0 bridgehead atoms. The van der Waals surface area contributed by atoms with Gasteiger partial charge in [-0.1, -0.05) is 25.0 Å². The lowest BCUT2D eigenvalue weighted by molar-refractivity contribution is -0.127. The molecule has 7 heteroatoms. The van der Waals surface area contributed by atoms with Crippen molar-refractivity contribution in [1.29, 1.82) is 0 Å². The third-order valence-electron chi connectivity index (χ3n) is 5.49. The zero-order chi connectivity index (χ0) is 20.0. The van der Waals surface area contributed by atoms with Gasteiger partial charge in [0.15, 0.2) is 0 Å². The van der Waals surface area contributed by atoms with Crippen molar-refractivity contribution >= 4 is 17.6 Å². The number of anilines is 1. The Kier molecular flexibility index (Phi) is 6.78. The molecule has 3 rings (SSSR count). The number of urea groups is 1. The SMILES string of the molecule is CCOc1ccccc1NC(=O)N1CCC(CC2CC2)(NC(=O)COC)CC1. The van der Waals surface area contributed by atoms with Crippen LogP contribution < -0.4 is 15.4 Å². The van der Waals surface area contributed by atoms with Crippen molar-refractivity contribution in [1.82, 2.24) is 10.2 Å². The van der Waals surface area contributed by atoms with Crippen LogP contribution in [0.2, 0.25) is 0 Å². The first-order chi connectivity index (χ1) is 13.5. The van der Waals surface area contributed by atoms with Gasteiger partial charge in [-0.2, -0.15) is 0 Å². The van der Waals surface area contributed by atoms with Gasteiger partial charge in [0.1, 0.15) is 12.4 Å². The number of likely N-dealkylation sites (tertiary alicyclic amines) is 1. The summed E-state index contributed by atoms with van der Waals surface area (Å²) in [6, 6.07) is 7.32. The number of hydrogen-bond donors (Lipinski definition) is 2. The minimum Gasteiger partial charge on any atom is -0.492 e. The summed E-state index contributed by atoms with van der Waals surface area (Å²) in [4.78, 5) is 26.7. The Balaban J connectivity index is 1.59. The van der Waals surface area contributed by atoms with Crippen LogP contribution >= 0.6 is 0 Å². The van der Waals surface area contributed by atoms with Crippen molar-refractivity contribution in [3.05, 3.63) is 24.3 Å². The lowest BCUT2D eigenvalue weighted by atomic mass is 9.82. The van der Waals surface area contributed by atoms with Crippen LogP contribution in [0.5, 0.6) is 5.75 Å². The van der Waals surface area contributed by atoms with Gasteiger partial charge in [-0.15, -0.1) is 0 Å². The number of piperidine rings is 1. The highest BCUT2D eigenvalue weighted by molar-refractivity contribution is 5.91. The van der Waals surface area contributed by atoms with E-state index in [9.17, 15) is 9.59 Å². The first-order valence-corrected chi connectivity index (χ1v) is 10.1. The Morgan fingerprint density at radius 1 is 1.21 bits per heavy atom. The summed E-state index contributed by atoms with van der Waals surface area (Å²) in [5.74, 6) is 1.29. The molecule has 1 saturated carbocycles. The highest BCUT2D eigenvalue weighted by Crippen LogP contribution is 2.40. The molecular weight excluding hydrogens is 358 g/mol. The van der Waals surface area contributed by atoms with Gasteiger partial charge in [-0.3, -0.25) is 4.79 Å². The number of benzene rings is 1. The smallest absolute Gasteiger partial charge is 0.321 e. The van der Waals surface area contributed by atoms with E-state index < -0.39 is 0 Å². The summed E-state index contributed by atoms with van der Waals surface area (Å²) < 4.78 is 10.6. The fourth-order valence-electron chi connectivity index (χ4n) is 3.90. The lowest BCUT2D eigenvalue weighted by Gasteiger charge is -2.42. The maximum Gasteiger partial charge on any atom is 0.321 e. The van der Waals surface area contributed by atoms with E-state index in [-0.39, 0.29) is 24.1 Å². The molecule has 1 aliphatic heterocycles. The van der Waals surface area contributed by atoms with E-state index in [1.807, 2.05) is 36.1 Å². The van der Waals surface area contributed by atoms with Crippen LogP contribution in [-0.4, -0.2) is 55.8 Å². The van der Waals surface area contributed by atoms with E-state index in [2.05, 4.69) is 10.6 Å². The predicted octanol–water partition coefficient (Wildman–Crippen LogP) is 3.01. The molecular formula is C21H31N3O4. The second kappa shape index (κ2) is 9.28. The van der Waals surface area contributed by atoms with E-state index in [0.29, 0.717) is 37.1 Å². The second-order valence-corrected chi connectivity index (χ2v) is 7.76. The van der Waals surface area contributed by atoms with E-state index in [1.165, 1.54) is 20.0 Å². The standard InChI is InChI=1S/C21H31N3O4/c1-3-28-18-7-5-4-6-17(18)22-20(26)24-12-10-21(11-13-24,14-16-8-9-16)23-19(25)15-27-2/h4-7,16H,3,8-15H2,1-2H3,(H,22,26)(H,23,25). The average Bonchev–Trinajstić information content (AvgIpc) is 3.48. The quantitative estimate of drug-likeness (QED) is 0.716. The number of nitrogens with zero attached hydrogens (tertiary/aromatic N) is 1. The molecule has 0 aromatic heterocycles. The molecule has 7 nitrogen and oxygen atoms in total. The molecule has 3 amide bonds. The molecule has 0 unspecified atom stereocenters. The highest BCUT2D eigenvalue weighted by atomic mass is 16.5. The molecule has 2 aliphatic rings. The van der Waals surface area contributed by atoms with Crippen molar-refractivity contribution in [3.8, 4) is 5.75 Å². The molecule has 2 N–H and O–H groups in total. The lowest BCUT2D eigenvalue weighted by Crippen LogP contribution is -2.57.